The Morgan fingerprint density at radius 1 is 0.692 bits per heavy atom. The Bertz CT molecular complexity index is 370. The predicted molar refractivity (Wildman–Crippen MR) is 116 cm³/mol. The minimum Gasteiger partial charge on any atom is -0.366 e. The fraction of sp³-hybridized carbons (Fsp3) is 0.792. The van der Waals surface area contributed by atoms with E-state index in [1.54, 1.807) is 13.0 Å². The molecule has 2 nitrogen and oxygen atoms in total. The Morgan fingerprint density at radius 3 is 1.46 bits per heavy atom. The molecule has 0 heterocycles. The van der Waals surface area contributed by atoms with Gasteiger partial charge in [0.25, 0.3) is 0 Å². The van der Waals surface area contributed by atoms with Crippen LogP contribution in [0.25, 0.3) is 0 Å². The summed E-state index contributed by atoms with van der Waals surface area (Å²) in [4.78, 5) is 10.8. The quantitative estimate of drug-likeness (QED) is 0.143. The predicted octanol–water partition coefficient (Wildman–Crippen LogP) is 7.63. The van der Waals surface area contributed by atoms with Crippen LogP contribution in [0, 0.1) is 0 Å². The van der Waals surface area contributed by atoms with Crippen molar-refractivity contribution in [3.8, 4) is 0 Å². The molecule has 0 aliphatic rings. The number of hydrogen-bond acceptors (Lipinski definition) is 1. The Kier molecular flexibility index (Phi) is 19.4. The van der Waals surface area contributed by atoms with E-state index in [4.69, 9.17) is 5.73 Å². The van der Waals surface area contributed by atoms with E-state index in [0.717, 1.165) is 6.42 Å². The monoisotopic (exact) mass is 363 g/mol. The number of amides is 1. The normalized spacial score (nSPS) is 12.2. The highest BCUT2D eigenvalue weighted by atomic mass is 16.1. The van der Waals surface area contributed by atoms with Crippen molar-refractivity contribution in [1.82, 2.24) is 0 Å². The van der Waals surface area contributed by atoms with Crippen molar-refractivity contribution in [2.75, 3.05) is 0 Å². The third-order valence-electron chi connectivity index (χ3n) is 5.10. The highest BCUT2D eigenvalue weighted by Crippen LogP contribution is 2.14. The maximum atomic E-state index is 10.8. The first-order chi connectivity index (χ1) is 12.7. The first-order valence-corrected chi connectivity index (χ1v) is 11.3. The molecule has 0 saturated heterocycles. The Labute approximate surface area is 163 Å². The van der Waals surface area contributed by atoms with Crippen LogP contribution in [0.15, 0.2) is 23.8 Å². The first-order valence-electron chi connectivity index (χ1n) is 11.3. The average molecular weight is 364 g/mol. The summed E-state index contributed by atoms with van der Waals surface area (Å²) < 4.78 is 0. The summed E-state index contributed by atoms with van der Waals surface area (Å²) in [7, 11) is 0. The summed E-state index contributed by atoms with van der Waals surface area (Å²) in [6, 6.07) is 0. The molecule has 0 radical (unpaired) electrons. The van der Waals surface area contributed by atoms with E-state index in [1.165, 1.54) is 103 Å². The van der Waals surface area contributed by atoms with Crippen LogP contribution >= 0.6 is 0 Å². The van der Waals surface area contributed by atoms with Crippen LogP contribution in [0.5, 0.6) is 0 Å². The molecule has 0 aromatic heterocycles. The largest absolute Gasteiger partial charge is 0.366 e. The van der Waals surface area contributed by atoms with Crippen LogP contribution in [0.4, 0.5) is 0 Å². The van der Waals surface area contributed by atoms with E-state index < -0.39 is 0 Å². The molecule has 0 rings (SSSR count). The summed E-state index contributed by atoms with van der Waals surface area (Å²) in [5.41, 5.74) is 5.79. The van der Waals surface area contributed by atoms with E-state index in [1.807, 2.05) is 6.08 Å². The molecule has 0 unspecified atom stereocenters. The van der Waals surface area contributed by atoms with Gasteiger partial charge in [-0.05, 0) is 19.8 Å². The van der Waals surface area contributed by atoms with E-state index in [-0.39, 0.29) is 5.91 Å². The molecule has 152 valence electrons. The lowest BCUT2D eigenvalue weighted by molar-refractivity contribution is -0.114. The summed E-state index contributed by atoms with van der Waals surface area (Å²) in [6.07, 6.45) is 29.5. The number of carbonyl (C=O) groups excluding carboxylic acids is 1. The van der Waals surface area contributed by atoms with Crippen molar-refractivity contribution in [1.29, 1.82) is 0 Å². The van der Waals surface area contributed by atoms with Crippen molar-refractivity contribution in [3.63, 3.8) is 0 Å². The molecule has 0 aliphatic heterocycles. The number of carbonyl (C=O) groups is 1. The van der Waals surface area contributed by atoms with E-state index in [0.29, 0.717) is 5.57 Å². The fourth-order valence-electron chi connectivity index (χ4n) is 3.20. The van der Waals surface area contributed by atoms with Gasteiger partial charge in [-0.2, -0.15) is 0 Å². The number of rotatable bonds is 19. The summed E-state index contributed by atoms with van der Waals surface area (Å²) in [6.45, 7) is 4.04. The second kappa shape index (κ2) is 20.3. The lowest BCUT2D eigenvalue weighted by Gasteiger charge is -2.03. The van der Waals surface area contributed by atoms with E-state index >= 15 is 0 Å². The number of primary amides is 1. The van der Waals surface area contributed by atoms with Gasteiger partial charge in [0.1, 0.15) is 0 Å². The molecule has 0 aliphatic carbocycles. The fourth-order valence-corrected chi connectivity index (χ4v) is 3.20. The number of nitrogens with two attached hydrogens (primary N) is 1. The number of allylic oxidation sites excluding steroid dienone is 3. The third-order valence-corrected chi connectivity index (χ3v) is 5.10. The molecule has 0 aromatic rings. The Balaban J connectivity index is 3.17. The molecule has 2 heteroatoms. The minimum atomic E-state index is -0.336. The van der Waals surface area contributed by atoms with Crippen LogP contribution in [0.1, 0.15) is 123 Å². The molecule has 0 atom stereocenters. The Morgan fingerprint density at radius 2 is 1.08 bits per heavy atom. The zero-order chi connectivity index (χ0) is 19.3. The average Bonchev–Trinajstić information content (AvgIpc) is 2.63. The molecule has 0 bridgehead atoms. The summed E-state index contributed by atoms with van der Waals surface area (Å²) >= 11 is 0. The van der Waals surface area contributed by atoms with Gasteiger partial charge >= 0.3 is 0 Å². The SMILES string of the molecule is CCCCCCCCCCCCCCCCCC/C=C/C=C(\C)C(N)=O. The minimum absolute atomic E-state index is 0.336. The molecule has 26 heavy (non-hydrogen) atoms. The van der Waals surface area contributed by atoms with Gasteiger partial charge in [0.05, 0.1) is 0 Å². The summed E-state index contributed by atoms with van der Waals surface area (Å²) in [5.74, 6) is -0.336. The van der Waals surface area contributed by atoms with Crippen molar-refractivity contribution in [2.24, 2.45) is 5.73 Å². The number of hydrogen-bond donors (Lipinski definition) is 1. The molecule has 0 fully saturated rings. The molecule has 2 N–H and O–H groups in total. The van der Waals surface area contributed by atoms with Crippen LogP contribution < -0.4 is 5.73 Å². The molecule has 0 saturated carbocycles. The lowest BCUT2D eigenvalue weighted by Crippen LogP contribution is -2.11. The zero-order valence-electron chi connectivity index (χ0n) is 17.7. The lowest BCUT2D eigenvalue weighted by atomic mass is 10.0. The molecule has 0 spiro atoms. The smallest absolute Gasteiger partial charge is 0.244 e. The van der Waals surface area contributed by atoms with E-state index in [2.05, 4.69) is 13.0 Å². The molecule has 1 amide bonds. The van der Waals surface area contributed by atoms with Crippen LogP contribution in [0.3, 0.4) is 0 Å². The van der Waals surface area contributed by atoms with Crippen LogP contribution in [-0.4, -0.2) is 5.91 Å². The third kappa shape index (κ3) is 19.3. The molecule has 0 aromatic carbocycles. The van der Waals surface area contributed by atoms with Crippen LogP contribution in [-0.2, 0) is 4.79 Å². The van der Waals surface area contributed by atoms with Crippen LogP contribution in [0.2, 0.25) is 0 Å². The first kappa shape index (κ1) is 24.9. The van der Waals surface area contributed by atoms with Crippen molar-refractivity contribution in [3.05, 3.63) is 23.8 Å². The van der Waals surface area contributed by atoms with Gasteiger partial charge in [-0.15, -0.1) is 0 Å². The Hall–Kier alpha value is -1.05. The van der Waals surface area contributed by atoms with Gasteiger partial charge < -0.3 is 5.73 Å². The van der Waals surface area contributed by atoms with E-state index in [9.17, 15) is 4.79 Å². The van der Waals surface area contributed by atoms with Gasteiger partial charge in [0.2, 0.25) is 5.91 Å². The molecular formula is C24H45NO. The maximum Gasteiger partial charge on any atom is 0.244 e. The zero-order valence-corrected chi connectivity index (χ0v) is 17.7. The second-order valence-corrected chi connectivity index (χ2v) is 7.73. The highest BCUT2D eigenvalue weighted by Gasteiger charge is 1.95. The van der Waals surface area contributed by atoms with Crippen molar-refractivity contribution >= 4 is 5.91 Å². The second-order valence-electron chi connectivity index (χ2n) is 7.73. The standard InChI is InChI=1S/C24H45NO/c1-3-4-5-6-7-8-9-10-11-12-13-14-15-16-17-18-19-20-21-22-23(2)24(25)26/h20-22H,3-19H2,1-2H3,(H2,25,26)/b21-20+,23-22+. The highest BCUT2D eigenvalue weighted by molar-refractivity contribution is 5.91. The van der Waals surface area contributed by atoms with Gasteiger partial charge in [0, 0.05) is 5.57 Å². The van der Waals surface area contributed by atoms with Crippen molar-refractivity contribution < 1.29 is 4.79 Å². The van der Waals surface area contributed by atoms with Gasteiger partial charge in [-0.25, -0.2) is 0 Å². The number of unbranched alkanes of at least 4 members (excludes halogenated alkanes) is 16. The van der Waals surface area contributed by atoms with Gasteiger partial charge in [-0.3, -0.25) is 4.79 Å². The molecular weight excluding hydrogens is 318 g/mol. The summed E-state index contributed by atoms with van der Waals surface area (Å²) in [5, 5.41) is 0. The maximum absolute atomic E-state index is 10.8. The van der Waals surface area contributed by atoms with Gasteiger partial charge in [0.15, 0.2) is 0 Å². The van der Waals surface area contributed by atoms with Crippen molar-refractivity contribution in [2.45, 2.75) is 123 Å². The topological polar surface area (TPSA) is 43.1 Å². The van der Waals surface area contributed by atoms with Gasteiger partial charge in [-0.1, -0.05) is 121 Å².